The number of ether oxygens (including phenoxy) is 1. The average Bonchev–Trinajstić information content (AvgIpc) is 2.45. The lowest BCUT2D eigenvalue weighted by Gasteiger charge is -2.42. The first-order valence-corrected chi connectivity index (χ1v) is 6.73. The van der Waals surface area contributed by atoms with E-state index in [2.05, 4.69) is 5.32 Å². The van der Waals surface area contributed by atoms with Crippen LogP contribution in [0, 0.1) is 10.1 Å². The molecule has 0 atom stereocenters. The monoisotopic (exact) mass is 293 g/mol. The van der Waals surface area contributed by atoms with E-state index in [4.69, 9.17) is 4.74 Å². The largest absolute Gasteiger partial charge is 0.382 e. The summed E-state index contributed by atoms with van der Waals surface area (Å²) in [5, 5.41) is 13.9. The highest BCUT2D eigenvalue weighted by Gasteiger charge is 2.36. The van der Waals surface area contributed by atoms with Gasteiger partial charge in [0.1, 0.15) is 5.69 Å². The summed E-state index contributed by atoms with van der Waals surface area (Å²) in [5.41, 5.74) is 0.0104. The van der Waals surface area contributed by atoms with Gasteiger partial charge in [-0.2, -0.15) is 0 Å². The molecule has 7 nitrogen and oxygen atoms in total. The van der Waals surface area contributed by atoms with Gasteiger partial charge in [0.15, 0.2) is 0 Å². The number of hydrogen-bond acceptors (Lipinski definition) is 5. The fourth-order valence-electron chi connectivity index (χ4n) is 2.51. The van der Waals surface area contributed by atoms with E-state index in [0.29, 0.717) is 25.3 Å². The molecule has 1 fully saturated rings. The normalized spacial score (nSPS) is 17.4. The summed E-state index contributed by atoms with van der Waals surface area (Å²) in [6.07, 6.45) is 0. The van der Waals surface area contributed by atoms with Gasteiger partial charge in [-0.3, -0.25) is 14.9 Å². The van der Waals surface area contributed by atoms with E-state index in [9.17, 15) is 14.9 Å². The Labute approximate surface area is 123 Å². The van der Waals surface area contributed by atoms with E-state index in [0.717, 1.165) is 0 Å². The topological polar surface area (TPSA) is 84.7 Å². The zero-order valence-corrected chi connectivity index (χ0v) is 12.4. The van der Waals surface area contributed by atoms with E-state index in [1.54, 1.807) is 18.0 Å². The molecule has 0 saturated carbocycles. The molecule has 0 unspecified atom stereocenters. The molecule has 0 aromatic heterocycles. The van der Waals surface area contributed by atoms with E-state index in [1.807, 2.05) is 13.8 Å². The number of nitrogens with one attached hydrogen (secondary N) is 1. The van der Waals surface area contributed by atoms with Crippen molar-refractivity contribution in [2.75, 3.05) is 32.1 Å². The Balaban J connectivity index is 2.44. The van der Waals surface area contributed by atoms with Gasteiger partial charge in [0.25, 0.3) is 11.6 Å². The fourth-order valence-corrected chi connectivity index (χ4v) is 2.51. The maximum Gasteiger partial charge on any atom is 0.293 e. The number of hydrogen-bond donors (Lipinski definition) is 1. The molecule has 1 amide bonds. The summed E-state index contributed by atoms with van der Waals surface area (Å²) in [4.78, 5) is 25.1. The van der Waals surface area contributed by atoms with Crippen LogP contribution in [0.4, 0.5) is 11.4 Å². The molecule has 114 valence electrons. The van der Waals surface area contributed by atoms with Crippen molar-refractivity contribution in [3.63, 3.8) is 0 Å². The van der Waals surface area contributed by atoms with Crippen LogP contribution in [0.2, 0.25) is 0 Å². The van der Waals surface area contributed by atoms with Crippen LogP contribution in [0.25, 0.3) is 0 Å². The lowest BCUT2D eigenvalue weighted by Crippen LogP contribution is -2.55. The Morgan fingerprint density at radius 2 is 2.19 bits per heavy atom. The van der Waals surface area contributed by atoms with Crippen LogP contribution in [0.3, 0.4) is 0 Å². The zero-order chi connectivity index (χ0) is 15.6. The number of nitro benzene ring substituents is 1. The van der Waals surface area contributed by atoms with Crippen molar-refractivity contribution in [2.24, 2.45) is 0 Å². The van der Waals surface area contributed by atoms with E-state index in [1.165, 1.54) is 12.1 Å². The summed E-state index contributed by atoms with van der Waals surface area (Å²) in [7, 11) is 1.57. The first-order valence-electron chi connectivity index (χ1n) is 6.73. The van der Waals surface area contributed by atoms with Crippen molar-refractivity contribution >= 4 is 17.3 Å². The summed E-state index contributed by atoms with van der Waals surface area (Å²) < 4.78 is 5.40. The number of carbonyl (C=O) groups is 1. The summed E-state index contributed by atoms with van der Waals surface area (Å²) >= 11 is 0. The molecular weight excluding hydrogens is 274 g/mol. The highest BCUT2D eigenvalue weighted by Crippen LogP contribution is 2.31. The van der Waals surface area contributed by atoms with Crippen LogP contribution in [0.1, 0.15) is 24.2 Å². The number of carbonyl (C=O) groups excluding carboxylic acids is 1. The first kappa shape index (κ1) is 15.2. The molecule has 1 aliphatic heterocycles. The van der Waals surface area contributed by atoms with Gasteiger partial charge in [-0.25, -0.2) is 0 Å². The van der Waals surface area contributed by atoms with Gasteiger partial charge in [-0.15, -0.1) is 0 Å². The SMILES string of the molecule is CNc1c(C(=O)N2CCOCC2(C)C)cccc1[N+](=O)[O-]. The van der Waals surface area contributed by atoms with Gasteiger partial charge < -0.3 is 15.0 Å². The second kappa shape index (κ2) is 5.69. The molecule has 1 aliphatic rings. The number of benzene rings is 1. The molecule has 7 heteroatoms. The molecule has 1 aromatic carbocycles. The molecule has 0 spiro atoms. The van der Waals surface area contributed by atoms with Crippen LogP contribution in [-0.4, -0.2) is 48.1 Å². The van der Waals surface area contributed by atoms with Crippen molar-refractivity contribution in [1.82, 2.24) is 4.90 Å². The smallest absolute Gasteiger partial charge is 0.293 e. The van der Waals surface area contributed by atoms with Crippen molar-refractivity contribution < 1.29 is 14.5 Å². The predicted molar refractivity (Wildman–Crippen MR) is 78.6 cm³/mol. The second-order valence-corrected chi connectivity index (χ2v) is 5.53. The van der Waals surface area contributed by atoms with Crippen LogP contribution in [-0.2, 0) is 4.74 Å². The summed E-state index contributed by atoms with van der Waals surface area (Å²) in [6, 6.07) is 4.51. The number of para-hydroxylation sites is 1. The Morgan fingerprint density at radius 1 is 1.48 bits per heavy atom. The predicted octanol–water partition coefficient (Wildman–Crippen LogP) is 1.89. The van der Waals surface area contributed by atoms with Gasteiger partial charge in [0, 0.05) is 19.7 Å². The Bertz CT molecular complexity index is 571. The van der Waals surface area contributed by atoms with Crippen LogP contribution < -0.4 is 5.32 Å². The quantitative estimate of drug-likeness (QED) is 0.679. The lowest BCUT2D eigenvalue weighted by atomic mass is 10.00. The van der Waals surface area contributed by atoms with Gasteiger partial charge in [0.2, 0.25) is 0 Å². The van der Waals surface area contributed by atoms with Crippen LogP contribution in [0.5, 0.6) is 0 Å². The molecular formula is C14H19N3O4. The molecule has 0 aliphatic carbocycles. The Hall–Kier alpha value is -2.15. The van der Waals surface area contributed by atoms with Gasteiger partial charge in [-0.05, 0) is 19.9 Å². The van der Waals surface area contributed by atoms with Crippen molar-refractivity contribution in [3.8, 4) is 0 Å². The summed E-state index contributed by atoms with van der Waals surface area (Å²) in [5.74, 6) is -0.226. The third kappa shape index (κ3) is 2.82. The third-order valence-electron chi connectivity index (χ3n) is 3.61. The molecule has 1 N–H and O–H groups in total. The van der Waals surface area contributed by atoms with Crippen LogP contribution >= 0.6 is 0 Å². The molecule has 0 bridgehead atoms. The Morgan fingerprint density at radius 3 is 2.76 bits per heavy atom. The van der Waals surface area contributed by atoms with Gasteiger partial charge in [0.05, 0.1) is 29.2 Å². The second-order valence-electron chi connectivity index (χ2n) is 5.53. The zero-order valence-electron chi connectivity index (χ0n) is 12.4. The van der Waals surface area contributed by atoms with Crippen LogP contribution in [0.15, 0.2) is 18.2 Å². The van der Waals surface area contributed by atoms with E-state index >= 15 is 0 Å². The maximum atomic E-state index is 12.8. The first-order chi connectivity index (χ1) is 9.88. The molecule has 1 aromatic rings. The van der Waals surface area contributed by atoms with Crippen molar-refractivity contribution in [3.05, 3.63) is 33.9 Å². The number of amides is 1. The molecule has 0 radical (unpaired) electrons. The number of rotatable bonds is 3. The minimum Gasteiger partial charge on any atom is -0.382 e. The molecule has 1 heterocycles. The van der Waals surface area contributed by atoms with Crippen molar-refractivity contribution in [2.45, 2.75) is 19.4 Å². The van der Waals surface area contributed by atoms with Gasteiger partial charge in [-0.1, -0.05) is 6.07 Å². The third-order valence-corrected chi connectivity index (χ3v) is 3.61. The van der Waals surface area contributed by atoms with E-state index < -0.39 is 10.5 Å². The highest BCUT2D eigenvalue weighted by atomic mass is 16.6. The fraction of sp³-hybridized carbons (Fsp3) is 0.500. The Kier molecular flexibility index (Phi) is 4.13. The van der Waals surface area contributed by atoms with E-state index in [-0.39, 0.29) is 17.3 Å². The number of morpholine rings is 1. The van der Waals surface area contributed by atoms with Gasteiger partial charge >= 0.3 is 0 Å². The maximum absolute atomic E-state index is 12.8. The number of nitro groups is 1. The van der Waals surface area contributed by atoms with Crippen molar-refractivity contribution in [1.29, 1.82) is 0 Å². The lowest BCUT2D eigenvalue weighted by molar-refractivity contribution is -0.384. The minimum atomic E-state index is -0.493. The minimum absolute atomic E-state index is 0.102. The number of nitrogens with zero attached hydrogens (tertiary/aromatic N) is 2. The molecule has 21 heavy (non-hydrogen) atoms. The highest BCUT2D eigenvalue weighted by molar-refractivity contribution is 6.02. The molecule has 2 rings (SSSR count). The molecule has 1 saturated heterocycles. The summed E-state index contributed by atoms with van der Waals surface area (Å²) in [6.45, 7) is 5.22. The average molecular weight is 293 g/mol. The number of anilines is 1. The standard InChI is InChI=1S/C14H19N3O4/c1-14(2)9-21-8-7-16(14)13(18)10-5-4-6-11(17(19)20)12(10)15-3/h4-6,15H,7-9H2,1-3H3.